The molecule has 2 aromatic rings. The number of nitrogens with zero attached hydrogens (tertiary/aromatic N) is 2. The zero-order valence-electron chi connectivity index (χ0n) is 10.6. The highest BCUT2D eigenvalue weighted by atomic mass is 16.6. The smallest absolute Gasteiger partial charge is 0.358 e. The summed E-state index contributed by atoms with van der Waals surface area (Å²) in [6.45, 7) is 0.563. The van der Waals surface area contributed by atoms with Crippen LogP contribution in [0.3, 0.4) is 0 Å². The molecule has 0 aliphatic carbocycles. The Morgan fingerprint density at radius 1 is 1.32 bits per heavy atom. The van der Waals surface area contributed by atoms with E-state index in [1.165, 1.54) is 0 Å². The lowest BCUT2D eigenvalue weighted by Gasteiger charge is -2.04. The van der Waals surface area contributed by atoms with E-state index in [1.54, 1.807) is 30.1 Å². The minimum atomic E-state index is -0.481. The highest BCUT2D eigenvalue weighted by Crippen LogP contribution is 2.15. The van der Waals surface area contributed by atoms with E-state index in [4.69, 9.17) is 15.2 Å². The van der Waals surface area contributed by atoms with Gasteiger partial charge < -0.3 is 15.2 Å². The lowest BCUT2D eigenvalue weighted by Crippen LogP contribution is -2.11. The van der Waals surface area contributed by atoms with Gasteiger partial charge in [0.25, 0.3) is 0 Å². The first kappa shape index (κ1) is 13.1. The number of ether oxygens (including phenoxy) is 2. The van der Waals surface area contributed by atoms with Crippen LogP contribution in [-0.4, -0.2) is 36.1 Å². The minimum absolute atomic E-state index is 0.204. The topological polar surface area (TPSA) is 79.4 Å². The molecule has 0 radical (unpaired) electrons. The Bertz CT molecular complexity index is 566. The van der Waals surface area contributed by atoms with Crippen LogP contribution in [0.2, 0.25) is 0 Å². The molecule has 0 fully saturated rings. The fourth-order valence-corrected chi connectivity index (χ4v) is 1.55. The summed E-state index contributed by atoms with van der Waals surface area (Å²) in [7, 11) is 1.54. The molecule has 0 amide bonds. The van der Waals surface area contributed by atoms with Gasteiger partial charge in [-0.05, 0) is 18.2 Å². The molecular weight excluding hydrogens is 246 g/mol. The number of methoxy groups -OCH3 is 1. The number of hydrogen-bond donors (Lipinski definition) is 1. The summed E-state index contributed by atoms with van der Waals surface area (Å²) >= 11 is 0. The van der Waals surface area contributed by atoms with Gasteiger partial charge in [0.15, 0.2) is 5.69 Å². The lowest BCUT2D eigenvalue weighted by atomic mass is 10.3. The highest BCUT2D eigenvalue weighted by molar-refractivity contribution is 5.87. The Morgan fingerprint density at radius 3 is 2.84 bits per heavy atom. The number of carbonyl (C=O) groups excluding carboxylic acids is 1. The third kappa shape index (κ3) is 3.11. The van der Waals surface area contributed by atoms with Crippen molar-refractivity contribution in [3.63, 3.8) is 0 Å². The van der Waals surface area contributed by atoms with E-state index in [2.05, 4.69) is 5.10 Å². The van der Waals surface area contributed by atoms with Gasteiger partial charge in [-0.25, -0.2) is 9.48 Å². The van der Waals surface area contributed by atoms with E-state index in [0.29, 0.717) is 12.3 Å². The lowest BCUT2D eigenvalue weighted by molar-refractivity contribution is 0.0381. The molecule has 19 heavy (non-hydrogen) atoms. The highest BCUT2D eigenvalue weighted by Gasteiger charge is 2.12. The number of anilines is 1. The van der Waals surface area contributed by atoms with Crippen molar-refractivity contribution in [1.29, 1.82) is 0 Å². The third-order valence-corrected chi connectivity index (χ3v) is 2.50. The zero-order valence-corrected chi connectivity index (χ0v) is 10.6. The van der Waals surface area contributed by atoms with E-state index in [0.717, 1.165) is 5.69 Å². The second kappa shape index (κ2) is 6.01. The molecule has 0 atom stereocenters. The van der Waals surface area contributed by atoms with Gasteiger partial charge in [-0.3, -0.25) is 0 Å². The zero-order chi connectivity index (χ0) is 13.7. The summed E-state index contributed by atoms with van der Waals surface area (Å²) in [5.74, 6) is -0.481. The molecule has 6 heteroatoms. The molecule has 0 unspecified atom stereocenters. The Kier molecular flexibility index (Phi) is 4.15. The predicted octanol–water partition coefficient (Wildman–Crippen LogP) is 1.26. The molecule has 0 spiro atoms. The number of carbonyl (C=O) groups is 1. The van der Waals surface area contributed by atoms with Gasteiger partial charge >= 0.3 is 5.97 Å². The molecule has 2 rings (SSSR count). The average molecular weight is 261 g/mol. The van der Waals surface area contributed by atoms with E-state index >= 15 is 0 Å². The van der Waals surface area contributed by atoms with Crippen molar-refractivity contribution < 1.29 is 14.3 Å². The maximum atomic E-state index is 11.7. The van der Waals surface area contributed by atoms with Crippen molar-refractivity contribution in [3.05, 3.63) is 42.2 Å². The number of esters is 1. The molecule has 1 heterocycles. The van der Waals surface area contributed by atoms with E-state index in [1.807, 2.05) is 18.2 Å². The van der Waals surface area contributed by atoms with E-state index in [-0.39, 0.29) is 12.3 Å². The molecule has 0 saturated carbocycles. The molecule has 1 aromatic heterocycles. The molecule has 0 aliphatic rings. The van der Waals surface area contributed by atoms with Gasteiger partial charge in [-0.1, -0.05) is 12.1 Å². The molecule has 1 aromatic carbocycles. The van der Waals surface area contributed by atoms with Crippen LogP contribution in [-0.2, 0) is 9.47 Å². The van der Waals surface area contributed by atoms with Gasteiger partial charge in [0.05, 0.1) is 18.0 Å². The number of aromatic nitrogens is 2. The quantitative estimate of drug-likeness (QED) is 0.498. The van der Waals surface area contributed by atoms with Crippen molar-refractivity contribution in [1.82, 2.24) is 9.78 Å². The molecule has 0 bridgehead atoms. The fourth-order valence-electron chi connectivity index (χ4n) is 1.55. The van der Waals surface area contributed by atoms with Gasteiger partial charge in [0.2, 0.25) is 0 Å². The van der Waals surface area contributed by atoms with Crippen molar-refractivity contribution >= 4 is 11.7 Å². The number of hydrogen-bond acceptors (Lipinski definition) is 5. The van der Waals surface area contributed by atoms with Gasteiger partial charge in [-0.2, -0.15) is 5.10 Å². The largest absolute Gasteiger partial charge is 0.458 e. The maximum absolute atomic E-state index is 11.7. The van der Waals surface area contributed by atoms with Crippen LogP contribution in [0.15, 0.2) is 36.5 Å². The summed E-state index contributed by atoms with van der Waals surface area (Å²) in [5, 5.41) is 4.14. The summed E-state index contributed by atoms with van der Waals surface area (Å²) < 4.78 is 11.3. The average Bonchev–Trinajstić information content (AvgIpc) is 2.89. The maximum Gasteiger partial charge on any atom is 0.358 e. The first-order valence-electron chi connectivity index (χ1n) is 5.79. The number of rotatable bonds is 5. The normalized spacial score (nSPS) is 10.4. The second-order valence-electron chi connectivity index (χ2n) is 3.83. The number of nitrogens with two attached hydrogens (primary N) is 1. The first-order chi connectivity index (χ1) is 9.22. The fraction of sp³-hybridized carbons (Fsp3) is 0.231. The summed E-state index contributed by atoms with van der Waals surface area (Å²) in [4.78, 5) is 11.7. The summed E-state index contributed by atoms with van der Waals surface area (Å²) in [6.07, 6.45) is 1.67. The van der Waals surface area contributed by atoms with E-state index in [9.17, 15) is 4.79 Å². The molecule has 6 nitrogen and oxygen atoms in total. The number of para-hydroxylation sites is 2. The third-order valence-electron chi connectivity index (χ3n) is 2.50. The Labute approximate surface area is 110 Å². The van der Waals surface area contributed by atoms with Crippen LogP contribution in [0.25, 0.3) is 5.69 Å². The predicted molar refractivity (Wildman–Crippen MR) is 70.1 cm³/mol. The van der Waals surface area contributed by atoms with Crippen molar-refractivity contribution in [2.45, 2.75) is 0 Å². The summed E-state index contributed by atoms with van der Waals surface area (Å²) in [5.41, 5.74) is 7.39. The SMILES string of the molecule is COCCOC(=O)c1ccn(-c2ccccc2N)n1. The molecular formula is C13H15N3O3. The monoisotopic (exact) mass is 261 g/mol. The van der Waals surface area contributed by atoms with Crippen LogP contribution in [0.1, 0.15) is 10.5 Å². The molecule has 0 saturated heterocycles. The standard InChI is InChI=1S/C13H15N3O3/c1-18-8-9-19-13(17)11-6-7-16(15-11)12-5-3-2-4-10(12)14/h2-7H,8-9,14H2,1H3. The van der Waals surface area contributed by atoms with Crippen LogP contribution in [0, 0.1) is 0 Å². The first-order valence-corrected chi connectivity index (χ1v) is 5.79. The van der Waals surface area contributed by atoms with Crippen LogP contribution < -0.4 is 5.73 Å². The van der Waals surface area contributed by atoms with Crippen molar-refractivity contribution in [2.24, 2.45) is 0 Å². The van der Waals surface area contributed by atoms with Gasteiger partial charge in [0.1, 0.15) is 6.61 Å². The molecule has 100 valence electrons. The van der Waals surface area contributed by atoms with Gasteiger partial charge in [0, 0.05) is 13.3 Å². The van der Waals surface area contributed by atoms with Crippen LogP contribution in [0.5, 0.6) is 0 Å². The van der Waals surface area contributed by atoms with Crippen LogP contribution >= 0.6 is 0 Å². The second-order valence-corrected chi connectivity index (χ2v) is 3.83. The van der Waals surface area contributed by atoms with Crippen molar-refractivity contribution in [2.75, 3.05) is 26.1 Å². The van der Waals surface area contributed by atoms with Crippen LogP contribution in [0.4, 0.5) is 5.69 Å². The van der Waals surface area contributed by atoms with Gasteiger partial charge in [-0.15, -0.1) is 0 Å². The molecule has 2 N–H and O–H groups in total. The Hall–Kier alpha value is -2.34. The minimum Gasteiger partial charge on any atom is -0.458 e. The summed E-state index contributed by atoms with van der Waals surface area (Å²) in [6, 6.07) is 8.86. The number of benzene rings is 1. The number of nitrogen functional groups attached to an aromatic ring is 1. The Balaban J connectivity index is 2.11. The molecule has 0 aliphatic heterocycles. The van der Waals surface area contributed by atoms with Crippen molar-refractivity contribution in [3.8, 4) is 5.69 Å². The van der Waals surface area contributed by atoms with E-state index < -0.39 is 5.97 Å². The Morgan fingerprint density at radius 2 is 2.11 bits per heavy atom.